The van der Waals surface area contributed by atoms with Crippen LogP contribution in [0.15, 0.2) is 146 Å². The molecule has 10 rings (SSSR count). The normalized spacial score (nSPS) is 11.9. The summed E-state index contributed by atoms with van der Waals surface area (Å²) in [7, 11) is 0. The summed E-state index contributed by atoms with van der Waals surface area (Å²) in [5, 5.41) is 9.88. The van der Waals surface area contributed by atoms with Crippen LogP contribution in [0, 0.1) is 0 Å². The lowest BCUT2D eigenvalue weighted by molar-refractivity contribution is 0.955. The second kappa shape index (κ2) is 9.80. The molecule has 0 aliphatic heterocycles. The Morgan fingerprint density at radius 1 is 0.413 bits per heavy atom. The molecular formula is C41H24N4S. The third-order valence-electron chi connectivity index (χ3n) is 9.03. The third-order valence-corrected chi connectivity index (χ3v) is 10.2. The molecular weight excluding hydrogens is 581 g/mol. The van der Waals surface area contributed by atoms with Crippen LogP contribution < -0.4 is 0 Å². The maximum atomic E-state index is 5.20. The maximum Gasteiger partial charge on any atom is 0.238 e. The molecule has 0 N–H and O–H groups in total. The van der Waals surface area contributed by atoms with E-state index in [1.54, 1.807) is 0 Å². The lowest BCUT2D eigenvalue weighted by atomic mass is 9.95. The molecule has 46 heavy (non-hydrogen) atoms. The third kappa shape index (κ3) is 3.63. The highest BCUT2D eigenvalue weighted by Gasteiger charge is 2.22. The zero-order valence-electron chi connectivity index (χ0n) is 24.6. The number of hydrogen-bond acceptors (Lipinski definition) is 4. The molecule has 0 radical (unpaired) electrons. The first-order chi connectivity index (χ1) is 22.8. The number of fused-ring (bicyclic) bond motifs is 12. The minimum atomic E-state index is 0.603. The summed E-state index contributed by atoms with van der Waals surface area (Å²) in [6.45, 7) is 0. The van der Waals surface area contributed by atoms with E-state index < -0.39 is 0 Å². The first-order valence-corrected chi connectivity index (χ1v) is 16.2. The van der Waals surface area contributed by atoms with Crippen molar-refractivity contribution in [2.75, 3.05) is 0 Å². The minimum Gasteiger partial charge on any atom is -0.277 e. The fourth-order valence-electron chi connectivity index (χ4n) is 7.05. The van der Waals surface area contributed by atoms with Gasteiger partial charge in [0.15, 0.2) is 11.6 Å². The van der Waals surface area contributed by atoms with E-state index >= 15 is 0 Å². The number of thiophene rings is 1. The summed E-state index contributed by atoms with van der Waals surface area (Å²) in [4.78, 5) is 15.4. The van der Waals surface area contributed by atoms with Crippen molar-refractivity contribution in [3.05, 3.63) is 146 Å². The summed E-state index contributed by atoms with van der Waals surface area (Å²) in [6.07, 6.45) is 0. The first-order valence-electron chi connectivity index (χ1n) is 15.4. The molecule has 7 aromatic carbocycles. The molecule has 0 bridgehead atoms. The van der Waals surface area contributed by atoms with E-state index in [1.165, 1.54) is 52.5 Å². The van der Waals surface area contributed by atoms with E-state index in [2.05, 4.69) is 114 Å². The Morgan fingerprint density at radius 3 is 1.70 bits per heavy atom. The van der Waals surface area contributed by atoms with E-state index in [4.69, 9.17) is 15.0 Å². The van der Waals surface area contributed by atoms with Crippen LogP contribution in [0.25, 0.3) is 92.2 Å². The molecule has 0 spiro atoms. The Bertz CT molecular complexity index is 2740. The van der Waals surface area contributed by atoms with Crippen LogP contribution in [-0.4, -0.2) is 19.5 Å². The van der Waals surface area contributed by atoms with Crippen LogP contribution in [0.1, 0.15) is 0 Å². The van der Waals surface area contributed by atoms with Gasteiger partial charge in [-0.1, -0.05) is 133 Å². The van der Waals surface area contributed by atoms with Gasteiger partial charge in [-0.15, -0.1) is 11.3 Å². The largest absolute Gasteiger partial charge is 0.277 e. The van der Waals surface area contributed by atoms with Gasteiger partial charge in [-0.05, 0) is 22.9 Å². The lowest BCUT2D eigenvalue weighted by Gasteiger charge is -2.14. The van der Waals surface area contributed by atoms with E-state index in [0.717, 1.165) is 22.2 Å². The van der Waals surface area contributed by atoms with Gasteiger partial charge in [-0.2, -0.15) is 9.97 Å². The molecule has 0 amide bonds. The fraction of sp³-hybridized carbons (Fsp3) is 0. The molecule has 0 saturated carbocycles. The molecule has 5 heteroatoms. The van der Waals surface area contributed by atoms with Gasteiger partial charge < -0.3 is 0 Å². The summed E-state index contributed by atoms with van der Waals surface area (Å²) < 4.78 is 4.89. The Morgan fingerprint density at radius 2 is 0.978 bits per heavy atom. The van der Waals surface area contributed by atoms with Crippen molar-refractivity contribution in [2.45, 2.75) is 0 Å². The summed E-state index contributed by atoms with van der Waals surface area (Å²) in [5.41, 5.74) is 4.07. The SMILES string of the molecule is c1ccc(-c2nc(-c3ccccc3)nc(-n3c4ccccc4c4ccc5c6c7ccccc7sc6c6ccccc6c5c43)n2)cc1. The molecule has 0 fully saturated rings. The van der Waals surface area contributed by atoms with Gasteiger partial charge in [0.2, 0.25) is 5.95 Å². The molecule has 3 heterocycles. The Kier molecular flexibility index (Phi) is 5.41. The fourth-order valence-corrected chi connectivity index (χ4v) is 8.30. The first kappa shape index (κ1) is 25.4. The molecule has 0 aliphatic rings. The van der Waals surface area contributed by atoms with Crippen LogP contribution in [0.2, 0.25) is 0 Å². The highest BCUT2D eigenvalue weighted by atomic mass is 32.1. The van der Waals surface area contributed by atoms with Crippen molar-refractivity contribution < 1.29 is 0 Å². The van der Waals surface area contributed by atoms with Crippen LogP contribution in [0.4, 0.5) is 0 Å². The number of aromatic nitrogens is 4. The Hall–Kier alpha value is -5.91. The van der Waals surface area contributed by atoms with E-state index in [-0.39, 0.29) is 0 Å². The highest BCUT2D eigenvalue weighted by Crippen LogP contribution is 2.47. The van der Waals surface area contributed by atoms with Crippen molar-refractivity contribution in [1.82, 2.24) is 19.5 Å². The average molecular weight is 605 g/mol. The molecule has 4 nitrogen and oxygen atoms in total. The zero-order chi connectivity index (χ0) is 30.2. The van der Waals surface area contributed by atoms with Gasteiger partial charge in [0.05, 0.1) is 11.0 Å². The number of rotatable bonds is 3. The number of para-hydroxylation sites is 1. The second-order valence-electron chi connectivity index (χ2n) is 11.6. The van der Waals surface area contributed by atoms with Crippen molar-refractivity contribution in [3.63, 3.8) is 0 Å². The smallest absolute Gasteiger partial charge is 0.238 e. The standard InChI is InChI=1S/C41H24N4S/c1-3-13-25(14-4-1)39-42-40(26-15-5-2-6-16-26)44-41(43-39)45-33-21-11-9-17-27(33)29-23-24-32-35(37(29)45)28-18-7-8-19-30(28)38-36(32)31-20-10-12-22-34(31)46-38/h1-24H. The lowest BCUT2D eigenvalue weighted by Crippen LogP contribution is -2.06. The summed E-state index contributed by atoms with van der Waals surface area (Å²) >= 11 is 1.88. The van der Waals surface area contributed by atoms with Crippen molar-refractivity contribution >= 4 is 74.9 Å². The second-order valence-corrected chi connectivity index (χ2v) is 12.7. The van der Waals surface area contributed by atoms with Gasteiger partial charge in [-0.3, -0.25) is 4.57 Å². The van der Waals surface area contributed by atoms with Crippen molar-refractivity contribution in [2.24, 2.45) is 0 Å². The molecule has 3 aromatic heterocycles. The summed E-state index contributed by atoms with van der Waals surface area (Å²) in [6, 6.07) is 51.2. The highest BCUT2D eigenvalue weighted by molar-refractivity contribution is 7.27. The molecule has 0 atom stereocenters. The number of hydrogen-bond donors (Lipinski definition) is 0. The van der Waals surface area contributed by atoms with E-state index in [9.17, 15) is 0 Å². The Labute approximate surface area is 267 Å². The van der Waals surface area contributed by atoms with Gasteiger partial charge in [-0.25, -0.2) is 4.98 Å². The zero-order valence-corrected chi connectivity index (χ0v) is 25.4. The molecule has 0 unspecified atom stereocenters. The number of benzene rings is 7. The van der Waals surface area contributed by atoms with E-state index in [0.29, 0.717) is 17.6 Å². The summed E-state index contributed by atoms with van der Waals surface area (Å²) in [5.74, 6) is 1.89. The minimum absolute atomic E-state index is 0.603. The van der Waals surface area contributed by atoms with E-state index in [1.807, 2.05) is 47.7 Å². The van der Waals surface area contributed by atoms with Crippen molar-refractivity contribution in [3.8, 4) is 28.7 Å². The molecule has 0 aliphatic carbocycles. The van der Waals surface area contributed by atoms with Gasteiger partial charge >= 0.3 is 0 Å². The quantitative estimate of drug-likeness (QED) is 0.188. The predicted molar refractivity (Wildman–Crippen MR) is 193 cm³/mol. The molecule has 0 saturated heterocycles. The Balaban J connectivity index is 1.43. The predicted octanol–water partition coefficient (Wildman–Crippen LogP) is 11.0. The maximum absolute atomic E-state index is 5.20. The molecule has 214 valence electrons. The van der Waals surface area contributed by atoms with Crippen molar-refractivity contribution in [1.29, 1.82) is 0 Å². The van der Waals surface area contributed by atoms with Gasteiger partial charge in [0, 0.05) is 52.8 Å². The van der Waals surface area contributed by atoms with Crippen LogP contribution in [-0.2, 0) is 0 Å². The van der Waals surface area contributed by atoms with Crippen LogP contribution >= 0.6 is 11.3 Å². The molecule has 10 aromatic rings. The average Bonchev–Trinajstić information content (AvgIpc) is 3.69. The van der Waals surface area contributed by atoms with Gasteiger partial charge in [0.1, 0.15) is 0 Å². The van der Waals surface area contributed by atoms with Gasteiger partial charge in [0.25, 0.3) is 0 Å². The topological polar surface area (TPSA) is 43.6 Å². The monoisotopic (exact) mass is 604 g/mol. The van der Waals surface area contributed by atoms with Crippen LogP contribution in [0.5, 0.6) is 0 Å². The number of nitrogens with zero attached hydrogens (tertiary/aromatic N) is 4. The van der Waals surface area contributed by atoms with Crippen LogP contribution in [0.3, 0.4) is 0 Å².